The van der Waals surface area contributed by atoms with Crippen molar-refractivity contribution in [3.63, 3.8) is 0 Å². The van der Waals surface area contributed by atoms with Crippen LogP contribution in [0.2, 0.25) is 0 Å². The molecule has 0 aromatic rings. The zero-order chi connectivity index (χ0) is 13.9. The van der Waals surface area contributed by atoms with Gasteiger partial charge in [0.15, 0.2) is 0 Å². The van der Waals surface area contributed by atoms with Gasteiger partial charge in [-0.3, -0.25) is 9.59 Å². The second kappa shape index (κ2) is 7.53. The fourth-order valence-corrected chi connectivity index (χ4v) is 2.81. The van der Waals surface area contributed by atoms with Crippen molar-refractivity contribution in [2.45, 2.75) is 33.1 Å². The average molecular weight is 290 g/mol. The van der Waals surface area contributed by atoms with Crippen LogP contribution in [0, 0.1) is 11.3 Å². The molecule has 0 fully saturated rings. The predicted octanol–water partition coefficient (Wildman–Crippen LogP) is -1.11. The number of hydrogen-bond acceptors (Lipinski definition) is 3. The summed E-state index contributed by atoms with van der Waals surface area (Å²) in [7, 11) is 1.57. The molecule has 0 aromatic heterocycles. The number of amidine groups is 1. The van der Waals surface area contributed by atoms with Gasteiger partial charge in [-0.05, 0) is 17.5 Å². The van der Waals surface area contributed by atoms with Crippen LogP contribution >= 0.6 is 0 Å². The van der Waals surface area contributed by atoms with Crippen LogP contribution in [-0.2, 0) is 22.2 Å². The average Bonchev–Trinajstić information content (AvgIpc) is 2.35. The standard InChI is InChI=1S/C13H20N2O2S.Na/c1-5-8-13(9(6-2)7-3)10(16)14-12(18)15(4)11(13)17;/h5,9H,1,6-8H2,2-4H3,(H,14,16,18);/q;+1/p-1. The molecule has 0 aliphatic carbocycles. The van der Waals surface area contributed by atoms with E-state index in [9.17, 15) is 9.59 Å². The first kappa shape index (κ1) is 18.8. The van der Waals surface area contributed by atoms with Crippen molar-refractivity contribution in [3.8, 4) is 0 Å². The van der Waals surface area contributed by atoms with E-state index in [-0.39, 0.29) is 46.6 Å². The van der Waals surface area contributed by atoms with Crippen molar-refractivity contribution in [3.05, 3.63) is 12.7 Å². The molecule has 4 nitrogen and oxygen atoms in total. The Morgan fingerprint density at radius 2 is 1.95 bits per heavy atom. The molecule has 1 rings (SSSR count). The molecular formula is C13H19N2NaO2S. The summed E-state index contributed by atoms with van der Waals surface area (Å²) in [5, 5.41) is 0.0515. The van der Waals surface area contributed by atoms with Crippen molar-refractivity contribution in [2.24, 2.45) is 16.3 Å². The number of nitrogens with zero attached hydrogens (tertiary/aromatic N) is 2. The number of carbonyl (C=O) groups excluding carboxylic acids is 2. The Kier molecular flexibility index (Phi) is 7.43. The minimum Gasteiger partial charge on any atom is -0.742 e. The summed E-state index contributed by atoms with van der Waals surface area (Å²) < 4.78 is 0. The Morgan fingerprint density at radius 1 is 1.42 bits per heavy atom. The van der Waals surface area contributed by atoms with Gasteiger partial charge in [-0.15, -0.1) is 6.58 Å². The Balaban J connectivity index is 0.00000324. The molecular weight excluding hydrogens is 271 g/mol. The maximum absolute atomic E-state index is 12.5. The molecule has 0 saturated heterocycles. The number of aliphatic imine (C=N–C) groups is 1. The van der Waals surface area contributed by atoms with Gasteiger partial charge in [0.2, 0.25) is 5.91 Å². The molecule has 2 amide bonds. The molecule has 1 aliphatic heterocycles. The summed E-state index contributed by atoms with van der Waals surface area (Å²) in [5.41, 5.74) is -1.11. The normalized spacial score (nSPS) is 23.2. The SMILES string of the molecule is C=CCC1(C(CC)CC)C(=O)N=C([S-])N(C)C1=O.[Na+]. The van der Waals surface area contributed by atoms with E-state index < -0.39 is 11.3 Å². The van der Waals surface area contributed by atoms with Crippen molar-refractivity contribution >= 4 is 29.6 Å². The molecule has 1 unspecified atom stereocenters. The van der Waals surface area contributed by atoms with E-state index in [2.05, 4.69) is 11.6 Å². The Hall–Kier alpha value is -0.230. The van der Waals surface area contributed by atoms with Crippen LogP contribution in [0.15, 0.2) is 17.6 Å². The smallest absolute Gasteiger partial charge is 0.742 e. The van der Waals surface area contributed by atoms with Crippen molar-refractivity contribution in [1.82, 2.24) is 4.90 Å². The third-order valence-electron chi connectivity index (χ3n) is 3.70. The van der Waals surface area contributed by atoms with Gasteiger partial charge in [-0.1, -0.05) is 32.8 Å². The van der Waals surface area contributed by atoms with Crippen molar-refractivity contribution in [2.75, 3.05) is 7.05 Å². The molecule has 0 saturated carbocycles. The summed E-state index contributed by atoms with van der Waals surface area (Å²) in [6.07, 6.45) is 3.43. The fourth-order valence-electron chi connectivity index (χ4n) is 2.64. The van der Waals surface area contributed by atoms with E-state index in [0.717, 1.165) is 12.8 Å². The van der Waals surface area contributed by atoms with Gasteiger partial charge >= 0.3 is 29.6 Å². The summed E-state index contributed by atoms with van der Waals surface area (Å²) in [4.78, 5) is 30.0. The molecule has 100 valence electrons. The molecule has 0 N–H and O–H groups in total. The summed E-state index contributed by atoms with van der Waals surface area (Å²) >= 11 is 4.92. The van der Waals surface area contributed by atoms with Crippen LogP contribution in [0.25, 0.3) is 0 Å². The van der Waals surface area contributed by atoms with E-state index in [1.165, 1.54) is 4.90 Å². The maximum atomic E-state index is 12.5. The minimum absolute atomic E-state index is 0. The largest absolute Gasteiger partial charge is 1.00 e. The van der Waals surface area contributed by atoms with Gasteiger partial charge in [0.1, 0.15) is 5.41 Å². The Bertz CT molecular complexity index is 407. The predicted molar refractivity (Wildman–Crippen MR) is 73.9 cm³/mol. The Labute approximate surface area is 142 Å². The van der Waals surface area contributed by atoms with Crippen LogP contribution in [0.5, 0.6) is 0 Å². The minimum atomic E-state index is -1.11. The molecule has 0 bridgehead atoms. The number of carbonyl (C=O) groups is 2. The van der Waals surface area contributed by atoms with Gasteiger partial charge < -0.3 is 17.5 Å². The zero-order valence-electron chi connectivity index (χ0n) is 12.1. The van der Waals surface area contributed by atoms with Crippen molar-refractivity contribution < 1.29 is 39.1 Å². The third kappa shape index (κ3) is 3.10. The van der Waals surface area contributed by atoms with Gasteiger partial charge in [-0.2, -0.15) is 0 Å². The fraction of sp³-hybridized carbons (Fsp3) is 0.615. The molecule has 1 aliphatic rings. The third-order valence-corrected chi connectivity index (χ3v) is 4.07. The second-order valence-electron chi connectivity index (χ2n) is 4.54. The monoisotopic (exact) mass is 290 g/mol. The molecule has 1 atom stereocenters. The number of rotatable bonds is 5. The number of allylic oxidation sites excluding steroid dienone is 1. The van der Waals surface area contributed by atoms with Gasteiger partial charge in [0, 0.05) is 7.05 Å². The first-order valence-corrected chi connectivity index (χ1v) is 6.55. The summed E-state index contributed by atoms with van der Waals surface area (Å²) in [5.74, 6) is -0.699. The molecule has 0 aromatic carbocycles. The van der Waals surface area contributed by atoms with Crippen LogP contribution in [0.1, 0.15) is 33.1 Å². The number of amides is 2. The van der Waals surface area contributed by atoms with E-state index in [4.69, 9.17) is 12.6 Å². The molecule has 1 heterocycles. The first-order valence-electron chi connectivity index (χ1n) is 6.14. The van der Waals surface area contributed by atoms with Crippen LogP contribution in [0.3, 0.4) is 0 Å². The molecule has 6 heteroatoms. The van der Waals surface area contributed by atoms with Crippen LogP contribution in [0.4, 0.5) is 0 Å². The van der Waals surface area contributed by atoms with Gasteiger partial charge in [-0.25, -0.2) is 4.99 Å². The quantitative estimate of drug-likeness (QED) is 0.279. The van der Waals surface area contributed by atoms with E-state index in [0.29, 0.717) is 6.42 Å². The maximum Gasteiger partial charge on any atom is 1.00 e. The topological polar surface area (TPSA) is 49.7 Å². The van der Waals surface area contributed by atoms with Crippen LogP contribution in [-0.4, -0.2) is 28.9 Å². The summed E-state index contributed by atoms with van der Waals surface area (Å²) in [6.45, 7) is 7.62. The Morgan fingerprint density at radius 3 is 2.37 bits per heavy atom. The first-order chi connectivity index (χ1) is 8.45. The molecule has 0 radical (unpaired) electrons. The van der Waals surface area contributed by atoms with Gasteiger partial charge in [0.05, 0.1) is 0 Å². The van der Waals surface area contributed by atoms with Gasteiger partial charge in [0.25, 0.3) is 5.91 Å². The van der Waals surface area contributed by atoms with Crippen LogP contribution < -0.4 is 29.6 Å². The van der Waals surface area contributed by atoms with E-state index >= 15 is 0 Å². The zero-order valence-corrected chi connectivity index (χ0v) is 14.9. The van der Waals surface area contributed by atoms with E-state index in [1.54, 1.807) is 13.1 Å². The van der Waals surface area contributed by atoms with E-state index in [1.807, 2.05) is 13.8 Å². The molecule has 19 heavy (non-hydrogen) atoms. The molecule has 0 spiro atoms. The van der Waals surface area contributed by atoms with Crippen molar-refractivity contribution in [1.29, 1.82) is 0 Å². The summed E-state index contributed by atoms with van der Waals surface area (Å²) in [6, 6.07) is 0. The number of hydrogen-bond donors (Lipinski definition) is 0. The second-order valence-corrected chi connectivity index (χ2v) is 4.91.